The second kappa shape index (κ2) is 5.34. The van der Waals surface area contributed by atoms with Crippen LogP contribution in [0.1, 0.15) is 33.1 Å². The lowest BCUT2D eigenvalue weighted by Crippen LogP contribution is -2.41. The molecule has 0 aromatic rings. The first-order valence-corrected chi connectivity index (χ1v) is 7.02. The quantitative estimate of drug-likeness (QED) is 0.726. The Morgan fingerprint density at radius 3 is 2.75 bits per heavy atom. The molecule has 0 saturated carbocycles. The van der Waals surface area contributed by atoms with Gasteiger partial charge in [0.1, 0.15) is 17.5 Å². The smallest absolute Gasteiger partial charge is 0.162 e. The molecule has 112 valence electrons. The lowest BCUT2D eigenvalue weighted by molar-refractivity contribution is -0.122. The molecule has 0 aromatic carbocycles. The Balaban J connectivity index is 2.29. The molecule has 1 aliphatic carbocycles. The highest BCUT2D eigenvalue weighted by molar-refractivity contribution is 5.93. The van der Waals surface area contributed by atoms with Crippen LogP contribution in [-0.2, 0) is 19.0 Å². The Morgan fingerprint density at radius 2 is 2.20 bits per heavy atom. The molecule has 4 heteroatoms. The fourth-order valence-electron chi connectivity index (χ4n) is 2.98. The van der Waals surface area contributed by atoms with Gasteiger partial charge in [-0.25, -0.2) is 0 Å². The van der Waals surface area contributed by atoms with Crippen molar-refractivity contribution in [2.75, 3.05) is 14.2 Å². The second-order valence-electron chi connectivity index (χ2n) is 6.15. The predicted octanol–water partition coefficient (Wildman–Crippen LogP) is 2.63. The van der Waals surface area contributed by atoms with E-state index in [9.17, 15) is 4.79 Å². The van der Waals surface area contributed by atoms with Crippen LogP contribution in [0.25, 0.3) is 0 Å². The first-order chi connectivity index (χ1) is 9.38. The third-order valence-electron chi connectivity index (χ3n) is 4.63. The van der Waals surface area contributed by atoms with E-state index in [0.29, 0.717) is 25.0 Å². The number of methoxy groups -OCH3 is 2. The maximum atomic E-state index is 12.1. The molecule has 0 unspecified atom stereocenters. The minimum Gasteiger partial charge on any atom is -0.488 e. The lowest BCUT2D eigenvalue weighted by Gasteiger charge is -2.33. The Morgan fingerprint density at radius 1 is 1.50 bits per heavy atom. The van der Waals surface area contributed by atoms with Crippen LogP contribution in [-0.4, -0.2) is 37.3 Å². The summed E-state index contributed by atoms with van der Waals surface area (Å²) < 4.78 is 17.2. The third kappa shape index (κ3) is 2.42. The summed E-state index contributed by atoms with van der Waals surface area (Å²) in [4.78, 5) is 12.1. The number of ether oxygens (including phenoxy) is 3. The summed E-state index contributed by atoms with van der Waals surface area (Å²) in [6.07, 6.45) is 5.30. The highest BCUT2D eigenvalue weighted by atomic mass is 16.6. The number of hydrogen-bond donors (Lipinski definition) is 0. The van der Waals surface area contributed by atoms with E-state index in [1.807, 2.05) is 13.8 Å². The topological polar surface area (TPSA) is 44.8 Å². The maximum Gasteiger partial charge on any atom is 0.162 e. The zero-order valence-electron chi connectivity index (χ0n) is 12.8. The number of carbonyl (C=O) groups excluding carboxylic acids is 1. The molecule has 2 aliphatic rings. The molecule has 0 spiro atoms. The molecule has 0 aromatic heterocycles. The van der Waals surface area contributed by atoms with Gasteiger partial charge in [-0.2, -0.15) is 0 Å². The van der Waals surface area contributed by atoms with Crippen LogP contribution in [0.5, 0.6) is 0 Å². The number of rotatable bonds is 5. The monoisotopic (exact) mass is 280 g/mol. The number of hydrogen-bond acceptors (Lipinski definition) is 4. The molecule has 1 heterocycles. The van der Waals surface area contributed by atoms with Crippen LogP contribution in [0.2, 0.25) is 0 Å². The second-order valence-corrected chi connectivity index (χ2v) is 6.15. The van der Waals surface area contributed by atoms with Gasteiger partial charge in [0.25, 0.3) is 0 Å². The van der Waals surface area contributed by atoms with Crippen LogP contribution in [0.3, 0.4) is 0 Å². The van der Waals surface area contributed by atoms with Crippen LogP contribution in [0.15, 0.2) is 24.5 Å². The van der Waals surface area contributed by atoms with Gasteiger partial charge in [0.05, 0.1) is 5.60 Å². The van der Waals surface area contributed by atoms with E-state index in [1.54, 1.807) is 26.4 Å². The zero-order valence-corrected chi connectivity index (χ0v) is 12.8. The summed E-state index contributed by atoms with van der Waals surface area (Å²) >= 11 is 0. The van der Waals surface area contributed by atoms with Crippen molar-refractivity contribution in [3.05, 3.63) is 24.5 Å². The summed E-state index contributed by atoms with van der Waals surface area (Å²) in [6, 6.07) is 0. The highest BCUT2D eigenvalue weighted by Crippen LogP contribution is 2.47. The molecule has 0 amide bonds. The van der Waals surface area contributed by atoms with Gasteiger partial charge in [0.2, 0.25) is 0 Å². The average molecular weight is 280 g/mol. The zero-order chi connectivity index (χ0) is 15.0. The van der Waals surface area contributed by atoms with Crippen molar-refractivity contribution in [2.24, 2.45) is 5.92 Å². The molecule has 1 fully saturated rings. The molecule has 0 radical (unpaired) electrons. The molecule has 1 aliphatic heterocycles. The number of allylic oxidation sites excluding steroid dienone is 2. The van der Waals surface area contributed by atoms with Gasteiger partial charge in [-0.05, 0) is 26.7 Å². The molecule has 1 saturated heterocycles. The van der Waals surface area contributed by atoms with Crippen molar-refractivity contribution in [1.29, 1.82) is 0 Å². The lowest BCUT2D eigenvalue weighted by atomic mass is 9.77. The van der Waals surface area contributed by atoms with Crippen molar-refractivity contribution in [1.82, 2.24) is 0 Å². The molecule has 20 heavy (non-hydrogen) atoms. The van der Waals surface area contributed by atoms with Gasteiger partial charge in [-0.1, -0.05) is 6.08 Å². The minimum absolute atomic E-state index is 0.0655. The van der Waals surface area contributed by atoms with E-state index in [1.165, 1.54) is 0 Å². The van der Waals surface area contributed by atoms with Gasteiger partial charge in [-0.15, -0.1) is 6.58 Å². The Labute approximate surface area is 120 Å². The van der Waals surface area contributed by atoms with Crippen LogP contribution in [0, 0.1) is 5.92 Å². The van der Waals surface area contributed by atoms with Crippen LogP contribution >= 0.6 is 0 Å². The fraction of sp³-hybridized carbons (Fsp3) is 0.688. The average Bonchev–Trinajstić information content (AvgIpc) is 2.79. The first-order valence-electron chi connectivity index (χ1n) is 7.02. The molecular formula is C16H24O4. The van der Waals surface area contributed by atoms with Gasteiger partial charge >= 0.3 is 0 Å². The predicted molar refractivity (Wildman–Crippen MR) is 76.3 cm³/mol. The minimum atomic E-state index is -0.498. The van der Waals surface area contributed by atoms with E-state index in [0.717, 1.165) is 0 Å². The third-order valence-corrected chi connectivity index (χ3v) is 4.63. The summed E-state index contributed by atoms with van der Waals surface area (Å²) in [5.41, 5.74) is -0.914. The first kappa shape index (κ1) is 15.3. The summed E-state index contributed by atoms with van der Waals surface area (Å²) in [5.74, 6) is 0.688. The van der Waals surface area contributed by atoms with E-state index in [-0.39, 0.29) is 17.8 Å². The highest BCUT2D eigenvalue weighted by Gasteiger charge is 2.54. The maximum absolute atomic E-state index is 12.1. The van der Waals surface area contributed by atoms with Crippen molar-refractivity contribution >= 4 is 5.78 Å². The van der Waals surface area contributed by atoms with Crippen molar-refractivity contribution in [2.45, 2.75) is 50.4 Å². The number of fused-ring (bicyclic) bond motifs is 1. The normalized spacial score (nSPS) is 33.4. The Hall–Kier alpha value is -1.13. The standard InChI is InChI=1S/C16H24O4/c1-6-7-11-9-16(19-5)10-14(15(2,3)18-4)20-13(16)8-12(11)17/h6,8,11,14H,1,7,9-10H2,2-5H3/t11-,14-,16+/m1/s1. The van der Waals surface area contributed by atoms with Crippen molar-refractivity contribution in [3.63, 3.8) is 0 Å². The van der Waals surface area contributed by atoms with E-state index >= 15 is 0 Å². The van der Waals surface area contributed by atoms with Gasteiger partial charge < -0.3 is 14.2 Å². The van der Waals surface area contributed by atoms with Crippen molar-refractivity contribution < 1.29 is 19.0 Å². The molecule has 0 bridgehead atoms. The van der Waals surface area contributed by atoms with E-state index in [2.05, 4.69) is 6.58 Å². The van der Waals surface area contributed by atoms with E-state index in [4.69, 9.17) is 14.2 Å². The summed E-state index contributed by atoms with van der Waals surface area (Å²) in [5, 5.41) is 0. The Kier molecular flexibility index (Phi) is 4.07. The largest absolute Gasteiger partial charge is 0.488 e. The molecule has 3 atom stereocenters. The van der Waals surface area contributed by atoms with Crippen LogP contribution < -0.4 is 0 Å². The molecule has 0 N–H and O–H groups in total. The Bertz CT molecular complexity index is 438. The number of carbonyl (C=O) groups is 1. The van der Waals surface area contributed by atoms with Crippen LogP contribution in [0.4, 0.5) is 0 Å². The SMILES string of the molecule is C=CC[C@@H]1C[C@]2(OC)C[C@H](C(C)(C)OC)OC2=CC1=O. The van der Waals surface area contributed by atoms with Gasteiger partial charge in [0, 0.05) is 32.6 Å². The fourth-order valence-corrected chi connectivity index (χ4v) is 2.98. The summed E-state index contributed by atoms with van der Waals surface area (Å²) in [7, 11) is 3.35. The van der Waals surface area contributed by atoms with Gasteiger partial charge in [-0.3, -0.25) is 4.79 Å². The van der Waals surface area contributed by atoms with Gasteiger partial charge in [0.15, 0.2) is 5.78 Å². The molecule has 4 nitrogen and oxygen atoms in total. The molecule has 2 rings (SSSR count). The molecular weight excluding hydrogens is 256 g/mol. The number of ketones is 1. The van der Waals surface area contributed by atoms with Crippen molar-refractivity contribution in [3.8, 4) is 0 Å². The van der Waals surface area contributed by atoms with E-state index < -0.39 is 11.2 Å². The summed E-state index contributed by atoms with van der Waals surface area (Å²) in [6.45, 7) is 7.70.